The third kappa shape index (κ3) is 43.6. The van der Waals surface area contributed by atoms with Crippen molar-refractivity contribution in [2.24, 2.45) is 35.1 Å². The van der Waals surface area contributed by atoms with E-state index in [1.807, 2.05) is 56.4 Å². The number of esters is 2. The number of hydrogen-bond donors (Lipinski definition) is 27. The molecule has 29 N–H and O–H groups in total. The minimum absolute atomic E-state index is 0.104. The van der Waals surface area contributed by atoms with Crippen LogP contribution in [0.5, 0.6) is 0 Å². The fourth-order valence-electron chi connectivity index (χ4n) is 17.2. The normalized spacial score (nSPS) is 43.0. The molecule has 0 radical (unpaired) electrons. The predicted octanol–water partition coefficient (Wildman–Crippen LogP) is 0.754. The highest BCUT2D eigenvalue weighted by Gasteiger charge is 2.53. The molecule has 41 nitrogen and oxygen atoms in total. The van der Waals surface area contributed by atoms with Gasteiger partial charge in [-0.15, -0.1) is 0 Å². The molecule has 6 aliphatic heterocycles. The summed E-state index contributed by atoms with van der Waals surface area (Å²) in [5, 5.41) is 249. The molecule has 1 saturated carbocycles. The van der Waals surface area contributed by atoms with Crippen LogP contribution < -0.4 is 32.7 Å². The summed E-state index contributed by atoms with van der Waals surface area (Å²) in [5.41, 5.74) is 11.1. The maximum atomic E-state index is 13.3. The van der Waals surface area contributed by atoms with Crippen molar-refractivity contribution in [3.8, 4) is 6.07 Å². The second-order valence-corrected chi connectivity index (χ2v) is 39.1. The summed E-state index contributed by atoms with van der Waals surface area (Å²) in [4.78, 5) is 63.3. The van der Waals surface area contributed by atoms with Crippen LogP contribution in [-0.2, 0) is 52.3 Å². The molecule has 6 heterocycles. The molecule has 5 fully saturated rings. The van der Waals surface area contributed by atoms with Crippen LogP contribution in [0.4, 0.5) is 9.59 Å². The Morgan fingerprint density at radius 3 is 1.08 bits per heavy atom. The van der Waals surface area contributed by atoms with E-state index in [2.05, 4.69) is 27.3 Å². The first-order valence-electron chi connectivity index (χ1n) is 49.6. The summed E-state index contributed by atoms with van der Waals surface area (Å²) in [6.07, 6.45) is 7.51. The summed E-state index contributed by atoms with van der Waals surface area (Å²) in [6.45, 7) is 14.6. The monoisotopic (exact) mass is 2040 g/mol. The van der Waals surface area contributed by atoms with Crippen LogP contribution in [0, 0.1) is 35.0 Å². The van der Waals surface area contributed by atoms with E-state index in [-0.39, 0.29) is 76.2 Å². The molecule has 39 atom stereocenters. The molecule has 4 saturated heterocycles. The zero-order chi connectivity index (χ0) is 107. The number of ketones is 1. The van der Waals surface area contributed by atoms with Gasteiger partial charge in [-0.3, -0.25) is 14.4 Å². The molecule has 4 bridgehead atoms. The SMILES string of the molecule is CC(=O)[C@H](O)CCNC(=O)N[C@H]1[C@@H]2C[C@@H](O[C@@H]3O[C@H](C)[C@@H](O)[C@H](N)[C@@H]3O)/C=C/C=C/C=C/C=C/C=C/C=C/C=C/[C@H](C)[C@@H](O)[C@@H](C)[C@H](C)OC(=O)C[C@H](O)C[C@H](O)CC[C@@H](O)[C@H](O)C[C@H](O)C[C@](O)(C[C@@H]1O)O2.C[C@@H]1[C@H](O)[C@@H](C)/C=C/C=C/C=C/C=C/C=C/C=C/C=C/[C@H](O[C@@H]2O[C@H](C)[C@@H](O)[C@H](N)[C@@H]2O)C[C@@H]2O[C@](O)(C[C@@H](O)C[C@@H](O)[C@H](O)CC[C@@H](O)C[C@@H](O)CC(=O)O[C@H]1C)C[C@H](O)[C@H]2NC(=O)NC1(C#N)CC1. The van der Waals surface area contributed by atoms with Gasteiger partial charge in [0.1, 0.15) is 36.1 Å². The first kappa shape index (κ1) is 125. The largest absolute Gasteiger partial charge is 0.462 e. The number of ether oxygens (including phenoxy) is 8. The lowest BCUT2D eigenvalue weighted by atomic mass is 9.87. The van der Waals surface area contributed by atoms with Gasteiger partial charge in [0.25, 0.3) is 0 Å². The van der Waals surface area contributed by atoms with Crippen molar-refractivity contribution >= 4 is 29.8 Å². The number of cyclic esters (lactones) is 2. The van der Waals surface area contributed by atoms with Crippen molar-refractivity contribution < 1.29 is 169 Å². The number of nitriles is 1. The Kier molecular flexibility index (Phi) is 53.9. The lowest BCUT2D eigenvalue weighted by Crippen LogP contribution is -2.64. The number of fused-ring (bicyclic) bond motifs is 4. The topological polar surface area (TPSA) is 708 Å². The van der Waals surface area contributed by atoms with E-state index in [0.717, 1.165) is 0 Å². The van der Waals surface area contributed by atoms with Crippen LogP contribution in [0.1, 0.15) is 184 Å². The highest BCUT2D eigenvalue weighted by Crippen LogP contribution is 2.40. The Balaban J connectivity index is 0.000000441. The average Bonchev–Trinajstić information content (AvgIpc) is 1.40. The molecule has 0 aromatic rings. The fraction of sp³-hybridized carbons (Fsp3) is 0.670. The van der Waals surface area contributed by atoms with Crippen LogP contribution in [0.15, 0.2) is 170 Å². The quantitative estimate of drug-likeness (QED) is 0.127. The van der Waals surface area contributed by atoms with Gasteiger partial charge >= 0.3 is 24.0 Å². The Bertz CT molecular complexity index is 4360. The van der Waals surface area contributed by atoms with Crippen molar-refractivity contribution in [1.82, 2.24) is 21.3 Å². The standard InChI is InChI=1S/C52H83N3O18.C51H78N4O16/c1-30-18-16-14-12-10-8-6-7-9-11-13-15-17-19-38(72-50-49(67)45(53)48(66)34(5)71-50)27-43-46(55-51(68)54-23-22-39(60)32(3)56)42(63)29-52(69,73-43)28-37(59)25-41(62)40(61)21-20-35(57)24-36(58)26-44(64)70-33(4)31(2)47(30)65;1-30-17-15-13-11-9-7-5-6-8-10-12-14-16-18-37(70-48-47(65)43(53)46(64)33(4)69-48)26-41-44(54-49(66)55-50(29-52)21-22-50)40(61)28-51(67,71-41)27-36(58)24-39(60)38(59)20-19-34(56)23-35(57)25-42(62)68-32(3)31(2)45(30)63/h6-19,30-31,33-43,45-50,57-63,65-67,69H,20-29,53H2,1-5H3,(H2,54,55,68);5-18,30-41,43-48,56-61,63-65,67H,19-28,53H2,1-4H3,(H2,54,55,66)/b7-6+,10-8+,11-9+,14-12+,15-13+,18-16+,19-17+;6-5+,9-7+,10-8+,13-11+,14-12+,17-15+,18-16+/t30-,31-,33-,34+,35+,36+,37-,38-,39+,40+,41+,42-,43-,45-,46+,47+,48+,49-,50-,52+;30-,31-,32-,33+,34+,35+,36-,37-,38+,39+,40-,41-,43-,44+,45+,46+,47-,48-,51+/m00/s1. The van der Waals surface area contributed by atoms with E-state index < -0.39 is 312 Å². The Hall–Kier alpha value is -8.16. The number of hydrogen-bond acceptors (Lipinski definition) is 37. The number of carbonyl (C=O) groups excluding carboxylic acids is 5. The van der Waals surface area contributed by atoms with Crippen molar-refractivity contribution in [3.63, 3.8) is 0 Å². The molecule has 41 heteroatoms. The summed E-state index contributed by atoms with van der Waals surface area (Å²) >= 11 is 0. The summed E-state index contributed by atoms with van der Waals surface area (Å²) in [5.74, 6) is -8.08. The number of amides is 4. The lowest BCUT2D eigenvalue weighted by molar-refractivity contribution is -0.303. The van der Waals surface area contributed by atoms with Crippen molar-refractivity contribution in [2.75, 3.05) is 6.54 Å². The molecule has 4 amide bonds. The van der Waals surface area contributed by atoms with Crippen molar-refractivity contribution in [2.45, 2.75) is 403 Å². The number of nitrogens with one attached hydrogen (secondary N) is 4. The number of aliphatic hydroxyl groups excluding tert-OH is 19. The number of aliphatic hydroxyl groups is 21. The zero-order valence-electron chi connectivity index (χ0n) is 83.5. The fourth-order valence-corrected chi connectivity index (χ4v) is 17.2. The number of allylic oxidation sites excluding steroid dienone is 24. The molecule has 0 unspecified atom stereocenters. The van der Waals surface area contributed by atoms with E-state index in [1.165, 1.54) is 13.8 Å². The predicted molar refractivity (Wildman–Crippen MR) is 526 cm³/mol. The molecule has 7 rings (SSSR count). The number of urea groups is 2. The van der Waals surface area contributed by atoms with Gasteiger partial charge in [0, 0.05) is 81.6 Å². The molecule has 0 aromatic carbocycles. The first-order chi connectivity index (χ1) is 68.0. The van der Waals surface area contributed by atoms with E-state index in [1.54, 1.807) is 162 Å². The third-order valence-corrected chi connectivity index (χ3v) is 26.6. The number of carbonyl (C=O) groups is 5. The van der Waals surface area contributed by atoms with Crippen LogP contribution in [0.25, 0.3) is 0 Å². The van der Waals surface area contributed by atoms with Gasteiger partial charge in [0.2, 0.25) is 0 Å². The molecule has 0 spiro atoms. The Morgan fingerprint density at radius 1 is 0.417 bits per heavy atom. The summed E-state index contributed by atoms with van der Waals surface area (Å²) < 4.78 is 47.4. The number of nitrogens with two attached hydrogens (primary N) is 2. The van der Waals surface area contributed by atoms with Crippen LogP contribution in [-0.4, -0.2) is 362 Å². The molecule has 0 aromatic heterocycles. The Labute approximate surface area is 842 Å². The van der Waals surface area contributed by atoms with Gasteiger partial charge in [-0.2, -0.15) is 5.26 Å². The minimum Gasteiger partial charge on any atom is -0.462 e. The van der Waals surface area contributed by atoms with Crippen molar-refractivity contribution in [3.05, 3.63) is 170 Å². The molecule has 1 aliphatic carbocycles. The molecule has 812 valence electrons. The summed E-state index contributed by atoms with van der Waals surface area (Å²) in [6, 6.07) is -4.40. The number of nitrogens with zero attached hydrogens (tertiary/aromatic N) is 1. The second kappa shape index (κ2) is 62.3. The molecular formula is C103H161N7O34. The molecular weight excluding hydrogens is 1880 g/mol. The maximum absolute atomic E-state index is 13.3. The number of Topliss-reactive ketones (excluding diaryl/α,β-unsaturated/α-hetero) is 1. The lowest BCUT2D eigenvalue weighted by Gasteiger charge is -2.46. The Morgan fingerprint density at radius 2 is 0.750 bits per heavy atom. The van der Waals surface area contributed by atoms with Gasteiger partial charge in [-0.1, -0.05) is 198 Å². The molecule has 7 aliphatic rings. The first-order valence-corrected chi connectivity index (χ1v) is 49.6. The van der Waals surface area contributed by atoms with E-state index in [4.69, 9.17) is 49.4 Å². The number of rotatable bonds is 11. The molecule has 144 heavy (non-hydrogen) atoms. The minimum atomic E-state index is -2.32. The van der Waals surface area contributed by atoms with Gasteiger partial charge < -0.3 is 178 Å². The zero-order valence-corrected chi connectivity index (χ0v) is 83.5. The van der Waals surface area contributed by atoms with Gasteiger partial charge in [-0.05, 0) is 92.4 Å². The van der Waals surface area contributed by atoms with Crippen molar-refractivity contribution in [1.29, 1.82) is 5.26 Å². The third-order valence-electron chi connectivity index (χ3n) is 26.6. The highest BCUT2D eigenvalue weighted by molar-refractivity contribution is 5.80. The van der Waals surface area contributed by atoms with Crippen LogP contribution in [0.2, 0.25) is 0 Å². The highest BCUT2D eigenvalue weighted by atomic mass is 16.7. The van der Waals surface area contributed by atoms with Crippen LogP contribution >= 0.6 is 0 Å². The average molecular weight is 2040 g/mol. The maximum Gasteiger partial charge on any atom is 0.316 e. The van der Waals surface area contributed by atoms with E-state index in [0.29, 0.717) is 12.8 Å². The smallest absolute Gasteiger partial charge is 0.316 e. The van der Waals surface area contributed by atoms with E-state index >= 15 is 0 Å². The van der Waals surface area contributed by atoms with E-state index in [9.17, 15) is 136 Å². The summed E-state index contributed by atoms with van der Waals surface area (Å²) in [7, 11) is 0. The second-order valence-electron chi connectivity index (χ2n) is 39.1. The van der Waals surface area contributed by atoms with Gasteiger partial charge in [-0.25, -0.2) is 9.59 Å². The van der Waals surface area contributed by atoms with Crippen LogP contribution in [0.3, 0.4) is 0 Å². The van der Waals surface area contributed by atoms with Gasteiger partial charge in [0.05, 0.1) is 177 Å². The van der Waals surface area contributed by atoms with Gasteiger partial charge in [0.15, 0.2) is 29.9 Å².